The highest BCUT2D eigenvalue weighted by Crippen LogP contribution is 2.12. The van der Waals surface area contributed by atoms with E-state index in [1.165, 1.54) is 36.4 Å². The highest BCUT2D eigenvalue weighted by Gasteiger charge is 2.11. The Morgan fingerprint density at radius 1 is 1.00 bits per heavy atom. The first-order valence-corrected chi connectivity index (χ1v) is 6.96. The molecule has 1 heterocycles. The van der Waals surface area contributed by atoms with Gasteiger partial charge in [-0.1, -0.05) is 12.1 Å². The van der Waals surface area contributed by atoms with E-state index in [0.29, 0.717) is 12.1 Å². The van der Waals surface area contributed by atoms with Crippen LogP contribution in [-0.4, -0.2) is 16.1 Å². The average molecular weight is 313 g/mol. The van der Waals surface area contributed by atoms with Crippen molar-refractivity contribution < 1.29 is 13.6 Å². The van der Waals surface area contributed by atoms with E-state index < -0.39 is 5.91 Å². The third kappa shape index (κ3) is 3.79. The van der Waals surface area contributed by atoms with Crippen LogP contribution in [0, 0.1) is 11.6 Å². The first-order chi connectivity index (χ1) is 11.1. The van der Waals surface area contributed by atoms with Gasteiger partial charge in [0.15, 0.2) is 5.69 Å². The molecule has 0 saturated heterocycles. The van der Waals surface area contributed by atoms with Crippen LogP contribution in [0.25, 0.3) is 0 Å². The van der Waals surface area contributed by atoms with Crippen molar-refractivity contribution in [3.63, 3.8) is 0 Å². The minimum absolute atomic E-state index is 0.228. The Morgan fingerprint density at radius 3 is 2.26 bits per heavy atom. The average Bonchev–Trinajstić information content (AvgIpc) is 3.00. The first kappa shape index (κ1) is 14.9. The lowest BCUT2D eigenvalue weighted by Gasteiger charge is -2.02. The summed E-state index contributed by atoms with van der Waals surface area (Å²) in [6.45, 7) is 0. The summed E-state index contributed by atoms with van der Waals surface area (Å²) in [5.74, 6) is -1.06. The summed E-state index contributed by atoms with van der Waals surface area (Å²) >= 11 is 0. The van der Waals surface area contributed by atoms with Gasteiger partial charge < -0.3 is 5.32 Å². The van der Waals surface area contributed by atoms with Crippen LogP contribution in [0.2, 0.25) is 0 Å². The van der Waals surface area contributed by atoms with Gasteiger partial charge in [-0.15, -0.1) is 0 Å². The van der Waals surface area contributed by atoms with E-state index in [-0.39, 0.29) is 17.3 Å². The van der Waals surface area contributed by atoms with Gasteiger partial charge in [0.05, 0.1) is 0 Å². The van der Waals surface area contributed by atoms with Crippen LogP contribution in [0.5, 0.6) is 0 Å². The Bertz CT molecular complexity index is 811. The van der Waals surface area contributed by atoms with E-state index >= 15 is 0 Å². The SMILES string of the molecule is O=C(Nc1ccc(F)cc1)c1cc(Cc2ccc(F)cc2)[nH]n1. The Morgan fingerprint density at radius 2 is 1.61 bits per heavy atom. The Balaban J connectivity index is 1.67. The maximum Gasteiger partial charge on any atom is 0.276 e. The number of aromatic amines is 1. The van der Waals surface area contributed by atoms with Crippen LogP contribution >= 0.6 is 0 Å². The molecule has 116 valence electrons. The minimum atomic E-state index is -0.391. The molecule has 1 amide bonds. The molecular weight excluding hydrogens is 300 g/mol. The van der Waals surface area contributed by atoms with E-state index in [4.69, 9.17) is 0 Å². The first-order valence-electron chi connectivity index (χ1n) is 6.96. The number of H-pyrrole nitrogens is 1. The van der Waals surface area contributed by atoms with E-state index in [1.807, 2.05) is 0 Å². The predicted octanol–water partition coefficient (Wildman–Crippen LogP) is 3.53. The maximum absolute atomic E-state index is 12.9. The van der Waals surface area contributed by atoms with Gasteiger partial charge in [-0.3, -0.25) is 9.89 Å². The van der Waals surface area contributed by atoms with E-state index in [1.54, 1.807) is 18.2 Å². The summed E-state index contributed by atoms with van der Waals surface area (Å²) in [6, 6.07) is 13.2. The van der Waals surface area contributed by atoms with Crippen molar-refractivity contribution in [3.8, 4) is 0 Å². The van der Waals surface area contributed by atoms with Crippen LogP contribution in [0.1, 0.15) is 21.7 Å². The Hall–Kier alpha value is -3.02. The molecule has 1 aromatic heterocycles. The van der Waals surface area contributed by atoms with Crippen molar-refractivity contribution in [2.45, 2.75) is 6.42 Å². The molecule has 0 fully saturated rings. The van der Waals surface area contributed by atoms with Gasteiger partial charge in [-0.05, 0) is 48.0 Å². The molecule has 0 saturated carbocycles. The third-order valence-electron chi connectivity index (χ3n) is 3.27. The number of carbonyl (C=O) groups is 1. The molecule has 4 nitrogen and oxygen atoms in total. The molecule has 6 heteroatoms. The van der Waals surface area contributed by atoms with E-state index in [0.717, 1.165) is 11.3 Å². The number of hydrogen-bond donors (Lipinski definition) is 2. The highest BCUT2D eigenvalue weighted by molar-refractivity contribution is 6.02. The monoisotopic (exact) mass is 313 g/mol. The second-order valence-electron chi connectivity index (χ2n) is 5.04. The fourth-order valence-corrected chi connectivity index (χ4v) is 2.12. The normalized spacial score (nSPS) is 10.5. The Kier molecular flexibility index (Phi) is 4.14. The van der Waals surface area contributed by atoms with Crippen molar-refractivity contribution >= 4 is 11.6 Å². The van der Waals surface area contributed by atoms with Crippen molar-refractivity contribution in [2.24, 2.45) is 0 Å². The summed E-state index contributed by atoms with van der Waals surface area (Å²) in [6.07, 6.45) is 0.511. The second kappa shape index (κ2) is 6.39. The highest BCUT2D eigenvalue weighted by atomic mass is 19.1. The van der Waals surface area contributed by atoms with Gasteiger partial charge in [0.25, 0.3) is 5.91 Å². The lowest BCUT2D eigenvalue weighted by Crippen LogP contribution is -2.12. The third-order valence-corrected chi connectivity index (χ3v) is 3.27. The number of carbonyl (C=O) groups excluding carboxylic acids is 1. The van der Waals surface area contributed by atoms with E-state index in [9.17, 15) is 13.6 Å². The molecule has 0 spiro atoms. The molecule has 23 heavy (non-hydrogen) atoms. The minimum Gasteiger partial charge on any atom is -0.321 e. The quantitative estimate of drug-likeness (QED) is 0.774. The lowest BCUT2D eigenvalue weighted by molar-refractivity contribution is 0.102. The second-order valence-corrected chi connectivity index (χ2v) is 5.04. The van der Waals surface area contributed by atoms with Crippen molar-refractivity contribution in [1.29, 1.82) is 0 Å². The van der Waals surface area contributed by atoms with Gasteiger partial charge in [0, 0.05) is 17.8 Å². The summed E-state index contributed by atoms with van der Waals surface area (Å²) in [5.41, 5.74) is 2.35. The molecule has 0 aliphatic heterocycles. The van der Waals surface area contributed by atoms with Crippen molar-refractivity contribution in [2.75, 3.05) is 5.32 Å². The van der Waals surface area contributed by atoms with Gasteiger partial charge in [-0.25, -0.2) is 8.78 Å². The summed E-state index contributed by atoms with van der Waals surface area (Å²) < 4.78 is 25.7. The van der Waals surface area contributed by atoms with Crippen LogP contribution in [0.15, 0.2) is 54.6 Å². The number of anilines is 1. The van der Waals surface area contributed by atoms with Gasteiger partial charge >= 0.3 is 0 Å². The molecule has 3 aromatic rings. The van der Waals surface area contributed by atoms with Gasteiger partial charge in [-0.2, -0.15) is 5.10 Å². The fraction of sp³-hybridized carbons (Fsp3) is 0.0588. The number of aromatic nitrogens is 2. The molecule has 0 atom stereocenters. The number of hydrogen-bond acceptors (Lipinski definition) is 2. The number of amides is 1. The molecular formula is C17H13F2N3O. The number of nitrogens with one attached hydrogen (secondary N) is 2. The number of nitrogens with zero attached hydrogens (tertiary/aromatic N) is 1. The topological polar surface area (TPSA) is 57.8 Å². The van der Waals surface area contributed by atoms with Gasteiger partial charge in [0.2, 0.25) is 0 Å². The van der Waals surface area contributed by atoms with Gasteiger partial charge in [0.1, 0.15) is 11.6 Å². The molecule has 2 N–H and O–H groups in total. The Labute approximate surface area is 131 Å². The molecule has 0 bridgehead atoms. The maximum atomic E-state index is 12.9. The fourth-order valence-electron chi connectivity index (χ4n) is 2.12. The van der Waals surface area contributed by atoms with Crippen LogP contribution in [0.4, 0.5) is 14.5 Å². The standard InChI is InChI=1S/C17H13F2N3O/c18-12-3-1-11(2-4-12)9-15-10-16(22-21-15)17(23)20-14-7-5-13(19)6-8-14/h1-8,10H,9H2,(H,20,23)(H,21,22). The smallest absolute Gasteiger partial charge is 0.276 e. The van der Waals surface area contributed by atoms with Crippen LogP contribution in [0.3, 0.4) is 0 Å². The molecule has 0 unspecified atom stereocenters. The summed E-state index contributed by atoms with van der Waals surface area (Å²) in [7, 11) is 0. The largest absolute Gasteiger partial charge is 0.321 e. The molecule has 0 radical (unpaired) electrons. The molecule has 2 aromatic carbocycles. The molecule has 0 aliphatic rings. The zero-order valence-electron chi connectivity index (χ0n) is 12.0. The summed E-state index contributed by atoms with van der Waals surface area (Å²) in [4.78, 5) is 12.1. The molecule has 0 aliphatic carbocycles. The molecule has 3 rings (SSSR count). The van der Waals surface area contributed by atoms with Crippen LogP contribution in [-0.2, 0) is 6.42 Å². The predicted molar refractivity (Wildman–Crippen MR) is 82.1 cm³/mol. The number of halogens is 2. The summed E-state index contributed by atoms with van der Waals surface area (Å²) in [5, 5.41) is 9.37. The lowest BCUT2D eigenvalue weighted by atomic mass is 10.1. The number of rotatable bonds is 4. The number of benzene rings is 2. The van der Waals surface area contributed by atoms with E-state index in [2.05, 4.69) is 15.5 Å². The zero-order valence-corrected chi connectivity index (χ0v) is 12.0. The zero-order chi connectivity index (χ0) is 16.2. The van der Waals surface area contributed by atoms with Crippen LogP contribution < -0.4 is 5.32 Å². The van der Waals surface area contributed by atoms with Crippen molar-refractivity contribution in [1.82, 2.24) is 10.2 Å². The van der Waals surface area contributed by atoms with Crippen molar-refractivity contribution in [3.05, 3.63) is 83.2 Å².